The zero-order valence-electron chi connectivity index (χ0n) is 17.0. The SMILES string of the molecule is CN=C(NCC1(N(C)C)CCOCC1)NC1CCc2nc(COC)nn2C1. The van der Waals surface area contributed by atoms with Gasteiger partial charge in [-0.3, -0.25) is 4.99 Å². The van der Waals surface area contributed by atoms with Crippen molar-refractivity contribution in [1.29, 1.82) is 0 Å². The van der Waals surface area contributed by atoms with Gasteiger partial charge in [0.2, 0.25) is 0 Å². The Labute approximate surface area is 161 Å². The van der Waals surface area contributed by atoms with Crippen molar-refractivity contribution in [2.45, 2.75) is 50.4 Å². The van der Waals surface area contributed by atoms with Crippen molar-refractivity contribution in [2.24, 2.45) is 4.99 Å². The third-order valence-corrected chi connectivity index (χ3v) is 5.70. The summed E-state index contributed by atoms with van der Waals surface area (Å²) in [6.45, 7) is 3.72. The third-order valence-electron chi connectivity index (χ3n) is 5.70. The Bertz CT molecular complexity index is 638. The van der Waals surface area contributed by atoms with Crippen LogP contribution in [0.3, 0.4) is 0 Å². The average molecular weight is 380 g/mol. The van der Waals surface area contributed by atoms with Gasteiger partial charge < -0.3 is 25.0 Å². The maximum absolute atomic E-state index is 5.56. The van der Waals surface area contributed by atoms with Crippen LogP contribution in [0.4, 0.5) is 0 Å². The van der Waals surface area contributed by atoms with E-state index in [0.29, 0.717) is 6.61 Å². The van der Waals surface area contributed by atoms with E-state index >= 15 is 0 Å². The standard InChI is InChI=1S/C18H33N7O2/c1-19-17(20-13-18(24(2)3)7-9-27-10-8-18)21-14-5-6-16-22-15(12-26-4)23-25(16)11-14/h14H,5-13H2,1-4H3,(H2,19,20,21). The molecule has 2 aliphatic heterocycles. The third kappa shape index (κ3) is 4.77. The number of aromatic nitrogens is 3. The van der Waals surface area contributed by atoms with Gasteiger partial charge >= 0.3 is 0 Å². The number of aliphatic imine (C=N–C) groups is 1. The molecule has 152 valence electrons. The zero-order chi connectivity index (χ0) is 19.3. The smallest absolute Gasteiger partial charge is 0.191 e. The van der Waals surface area contributed by atoms with Crippen LogP contribution in [0, 0.1) is 0 Å². The van der Waals surface area contributed by atoms with E-state index in [1.165, 1.54) is 0 Å². The lowest BCUT2D eigenvalue weighted by molar-refractivity contribution is -0.00503. The van der Waals surface area contributed by atoms with Crippen LogP contribution in [0.5, 0.6) is 0 Å². The first-order valence-corrected chi connectivity index (χ1v) is 9.70. The minimum atomic E-state index is 0.108. The van der Waals surface area contributed by atoms with Crippen LogP contribution in [0.25, 0.3) is 0 Å². The largest absolute Gasteiger partial charge is 0.381 e. The van der Waals surface area contributed by atoms with Crippen molar-refractivity contribution in [3.63, 3.8) is 0 Å². The Morgan fingerprint density at radius 3 is 2.85 bits per heavy atom. The minimum Gasteiger partial charge on any atom is -0.381 e. The Hall–Kier alpha value is -1.71. The van der Waals surface area contributed by atoms with Gasteiger partial charge in [0, 0.05) is 51.9 Å². The number of guanidine groups is 1. The normalized spacial score (nSPS) is 22.6. The van der Waals surface area contributed by atoms with E-state index < -0.39 is 0 Å². The van der Waals surface area contributed by atoms with E-state index in [-0.39, 0.29) is 11.6 Å². The summed E-state index contributed by atoms with van der Waals surface area (Å²) in [5, 5.41) is 11.6. The van der Waals surface area contributed by atoms with Crippen molar-refractivity contribution >= 4 is 5.96 Å². The number of hydrogen-bond donors (Lipinski definition) is 2. The van der Waals surface area contributed by atoms with Crippen LogP contribution in [0.1, 0.15) is 30.9 Å². The summed E-state index contributed by atoms with van der Waals surface area (Å²) in [7, 11) is 7.78. The predicted molar refractivity (Wildman–Crippen MR) is 104 cm³/mol. The summed E-state index contributed by atoms with van der Waals surface area (Å²) >= 11 is 0. The molecule has 0 saturated carbocycles. The number of ether oxygens (including phenoxy) is 2. The Morgan fingerprint density at radius 2 is 2.19 bits per heavy atom. The second-order valence-electron chi connectivity index (χ2n) is 7.60. The predicted octanol–water partition coefficient (Wildman–Crippen LogP) is 0.0151. The van der Waals surface area contributed by atoms with E-state index in [1.54, 1.807) is 7.11 Å². The zero-order valence-corrected chi connectivity index (χ0v) is 17.0. The molecule has 0 aromatic carbocycles. The van der Waals surface area contributed by atoms with Crippen LogP contribution in [-0.4, -0.2) is 85.2 Å². The molecular weight excluding hydrogens is 346 g/mol. The molecule has 0 amide bonds. The minimum absolute atomic E-state index is 0.108. The summed E-state index contributed by atoms with van der Waals surface area (Å²) in [6, 6.07) is 0.283. The summed E-state index contributed by atoms with van der Waals surface area (Å²) in [5.74, 6) is 2.63. The number of methoxy groups -OCH3 is 1. The molecular formula is C18H33N7O2. The maximum Gasteiger partial charge on any atom is 0.191 e. The molecule has 1 fully saturated rings. The van der Waals surface area contributed by atoms with Gasteiger partial charge in [-0.05, 0) is 33.4 Å². The molecule has 1 aromatic heterocycles. The molecule has 2 N–H and O–H groups in total. The molecule has 1 aromatic rings. The molecule has 27 heavy (non-hydrogen) atoms. The molecule has 9 nitrogen and oxygen atoms in total. The lowest BCUT2D eigenvalue weighted by Gasteiger charge is -2.43. The lowest BCUT2D eigenvalue weighted by Crippen LogP contribution is -2.58. The molecule has 0 bridgehead atoms. The molecule has 0 radical (unpaired) electrons. The highest BCUT2D eigenvalue weighted by Gasteiger charge is 2.35. The molecule has 2 aliphatic rings. The van der Waals surface area contributed by atoms with Gasteiger partial charge in [-0.15, -0.1) is 0 Å². The van der Waals surface area contributed by atoms with Crippen molar-refractivity contribution in [2.75, 3.05) is 48.0 Å². The molecule has 3 heterocycles. The fourth-order valence-electron chi connectivity index (χ4n) is 3.84. The van der Waals surface area contributed by atoms with Crippen LogP contribution < -0.4 is 10.6 Å². The quantitative estimate of drug-likeness (QED) is 0.532. The first kappa shape index (κ1) is 20.0. The maximum atomic E-state index is 5.56. The van der Waals surface area contributed by atoms with Crippen LogP contribution >= 0.6 is 0 Å². The highest BCUT2D eigenvalue weighted by molar-refractivity contribution is 5.80. The number of fused-ring (bicyclic) bond motifs is 1. The fourth-order valence-corrected chi connectivity index (χ4v) is 3.84. The second kappa shape index (κ2) is 8.99. The number of rotatable bonds is 6. The van der Waals surface area contributed by atoms with Crippen molar-refractivity contribution < 1.29 is 9.47 Å². The van der Waals surface area contributed by atoms with Gasteiger partial charge in [0.15, 0.2) is 11.8 Å². The molecule has 9 heteroatoms. The average Bonchev–Trinajstić information content (AvgIpc) is 3.07. The van der Waals surface area contributed by atoms with Crippen molar-refractivity contribution in [3.8, 4) is 0 Å². The van der Waals surface area contributed by atoms with E-state index in [1.807, 2.05) is 11.7 Å². The molecule has 3 rings (SSSR count). The van der Waals surface area contributed by atoms with Crippen molar-refractivity contribution in [1.82, 2.24) is 30.3 Å². The van der Waals surface area contributed by atoms with Gasteiger partial charge in [-0.2, -0.15) is 5.10 Å². The second-order valence-corrected chi connectivity index (χ2v) is 7.60. The first-order valence-electron chi connectivity index (χ1n) is 9.70. The molecule has 1 unspecified atom stereocenters. The summed E-state index contributed by atoms with van der Waals surface area (Å²) in [5.41, 5.74) is 0.108. The van der Waals surface area contributed by atoms with Crippen LogP contribution in [0.2, 0.25) is 0 Å². The van der Waals surface area contributed by atoms with E-state index in [2.05, 4.69) is 44.7 Å². The monoisotopic (exact) mass is 379 g/mol. The van der Waals surface area contributed by atoms with E-state index in [9.17, 15) is 0 Å². The first-order chi connectivity index (χ1) is 13.1. The summed E-state index contributed by atoms with van der Waals surface area (Å²) in [4.78, 5) is 11.3. The topological polar surface area (TPSA) is 88.8 Å². The van der Waals surface area contributed by atoms with Gasteiger partial charge in [-0.1, -0.05) is 0 Å². The van der Waals surface area contributed by atoms with Crippen molar-refractivity contribution in [3.05, 3.63) is 11.6 Å². The Balaban J connectivity index is 1.56. The summed E-state index contributed by atoms with van der Waals surface area (Å²) < 4.78 is 12.7. The summed E-state index contributed by atoms with van der Waals surface area (Å²) in [6.07, 6.45) is 3.97. The van der Waals surface area contributed by atoms with Gasteiger partial charge in [0.1, 0.15) is 12.4 Å². The van der Waals surface area contributed by atoms with Gasteiger partial charge in [0.25, 0.3) is 0 Å². The molecule has 0 aliphatic carbocycles. The number of nitrogens with one attached hydrogen (secondary N) is 2. The highest BCUT2D eigenvalue weighted by Crippen LogP contribution is 2.25. The number of likely N-dealkylation sites (N-methyl/N-ethyl adjacent to an activating group) is 1. The van der Waals surface area contributed by atoms with Crippen LogP contribution in [0.15, 0.2) is 4.99 Å². The fraction of sp³-hybridized carbons (Fsp3) is 0.833. The Morgan fingerprint density at radius 1 is 1.41 bits per heavy atom. The molecule has 1 atom stereocenters. The van der Waals surface area contributed by atoms with E-state index in [4.69, 9.17) is 9.47 Å². The molecule has 0 spiro atoms. The number of nitrogens with zero attached hydrogens (tertiary/aromatic N) is 5. The Kier molecular flexibility index (Phi) is 6.67. The lowest BCUT2D eigenvalue weighted by atomic mass is 9.88. The van der Waals surface area contributed by atoms with Crippen LogP contribution in [-0.2, 0) is 29.0 Å². The van der Waals surface area contributed by atoms with Gasteiger partial charge in [0.05, 0.1) is 6.54 Å². The number of aryl methyl sites for hydroxylation is 1. The number of hydrogen-bond acceptors (Lipinski definition) is 6. The highest BCUT2D eigenvalue weighted by atomic mass is 16.5. The molecule has 1 saturated heterocycles. The van der Waals surface area contributed by atoms with Gasteiger partial charge in [-0.25, -0.2) is 9.67 Å². The van der Waals surface area contributed by atoms with E-state index in [0.717, 1.165) is 69.6 Å².